The number of anilines is 1. The molecule has 0 bridgehead atoms. The van der Waals surface area contributed by atoms with Crippen molar-refractivity contribution in [3.05, 3.63) is 59.2 Å². The molecule has 6 nitrogen and oxygen atoms in total. The number of sulfonamides is 1. The van der Waals surface area contributed by atoms with Gasteiger partial charge in [-0.25, -0.2) is 8.42 Å². The van der Waals surface area contributed by atoms with E-state index in [0.717, 1.165) is 18.7 Å². The highest BCUT2D eigenvalue weighted by Crippen LogP contribution is 2.22. The zero-order valence-electron chi connectivity index (χ0n) is 15.8. The van der Waals surface area contributed by atoms with Crippen LogP contribution in [0.15, 0.2) is 47.4 Å². The molecule has 2 N–H and O–H groups in total. The van der Waals surface area contributed by atoms with Crippen molar-refractivity contribution in [2.75, 3.05) is 24.4 Å². The highest BCUT2D eigenvalue weighted by Gasteiger charge is 2.24. The highest BCUT2D eigenvalue weighted by atomic mass is 32.2. The molecular weight excluding hydrogens is 362 g/mol. The molecule has 0 unspecified atom stereocenters. The Morgan fingerprint density at radius 1 is 1.19 bits per heavy atom. The summed E-state index contributed by atoms with van der Waals surface area (Å²) >= 11 is 0. The van der Waals surface area contributed by atoms with Crippen molar-refractivity contribution in [2.24, 2.45) is 0 Å². The summed E-state index contributed by atoms with van der Waals surface area (Å²) in [6.45, 7) is 7.77. The fourth-order valence-electron chi connectivity index (χ4n) is 3.23. The Morgan fingerprint density at radius 2 is 1.96 bits per heavy atom. The minimum absolute atomic E-state index is 0.0863. The number of carbonyl (C=O) groups is 1. The molecule has 1 heterocycles. The van der Waals surface area contributed by atoms with Crippen LogP contribution in [-0.4, -0.2) is 44.9 Å². The summed E-state index contributed by atoms with van der Waals surface area (Å²) in [5.74, 6) is -0.0863. The molecule has 7 heteroatoms. The van der Waals surface area contributed by atoms with Crippen molar-refractivity contribution < 1.29 is 13.2 Å². The van der Waals surface area contributed by atoms with E-state index in [4.69, 9.17) is 0 Å². The number of nitrogens with one attached hydrogen (secondary N) is 2. The number of aryl methyl sites for hydroxylation is 2. The van der Waals surface area contributed by atoms with Crippen LogP contribution in [0.3, 0.4) is 0 Å². The number of hydrogen-bond acceptors (Lipinski definition) is 4. The van der Waals surface area contributed by atoms with Crippen LogP contribution in [-0.2, 0) is 10.0 Å². The minimum atomic E-state index is -3.73. The lowest BCUT2D eigenvalue weighted by atomic mass is 10.1. The van der Waals surface area contributed by atoms with Crippen LogP contribution >= 0.6 is 0 Å². The number of amides is 1. The second-order valence-corrected chi connectivity index (χ2v) is 8.66. The van der Waals surface area contributed by atoms with E-state index >= 15 is 0 Å². The minimum Gasteiger partial charge on any atom is -0.333 e. The van der Waals surface area contributed by atoms with Gasteiger partial charge in [-0.3, -0.25) is 9.52 Å². The van der Waals surface area contributed by atoms with Crippen LogP contribution in [0.25, 0.3) is 0 Å². The smallest absolute Gasteiger partial charge is 0.262 e. The fourth-order valence-corrected chi connectivity index (χ4v) is 4.61. The first kappa shape index (κ1) is 19.4. The van der Waals surface area contributed by atoms with Crippen molar-refractivity contribution in [3.63, 3.8) is 0 Å². The Kier molecular flexibility index (Phi) is 5.53. The first-order valence-corrected chi connectivity index (χ1v) is 10.5. The van der Waals surface area contributed by atoms with E-state index in [1.807, 2.05) is 24.8 Å². The lowest BCUT2D eigenvalue weighted by Gasteiger charge is -2.34. The Balaban J connectivity index is 1.85. The van der Waals surface area contributed by atoms with Crippen molar-refractivity contribution >= 4 is 21.6 Å². The summed E-state index contributed by atoms with van der Waals surface area (Å²) < 4.78 is 28.2. The third-order valence-corrected chi connectivity index (χ3v) is 6.28. The van der Waals surface area contributed by atoms with E-state index in [1.165, 1.54) is 0 Å². The van der Waals surface area contributed by atoms with Crippen molar-refractivity contribution in [3.8, 4) is 0 Å². The van der Waals surface area contributed by atoms with Crippen molar-refractivity contribution in [1.29, 1.82) is 0 Å². The molecule has 0 aliphatic carbocycles. The molecule has 2 aromatic rings. The predicted molar refractivity (Wildman–Crippen MR) is 107 cm³/mol. The largest absolute Gasteiger partial charge is 0.333 e. The van der Waals surface area contributed by atoms with Crippen LogP contribution in [0.1, 0.15) is 28.4 Å². The molecule has 27 heavy (non-hydrogen) atoms. The van der Waals surface area contributed by atoms with Gasteiger partial charge in [0.2, 0.25) is 0 Å². The average molecular weight is 388 g/mol. The third kappa shape index (κ3) is 4.31. The third-order valence-electron chi connectivity index (χ3n) is 4.76. The van der Waals surface area contributed by atoms with Gasteiger partial charge in [-0.2, -0.15) is 0 Å². The van der Waals surface area contributed by atoms with Crippen molar-refractivity contribution in [2.45, 2.75) is 31.7 Å². The first-order valence-electron chi connectivity index (χ1n) is 9.00. The zero-order chi connectivity index (χ0) is 19.6. The molecule has 0 spiro atoms. The molecule has 0 radical (unpaired) electrons. The topological polar surface area (TPSA) is 78.5 Å². The summed E-state index contributed by atoms with van der Waals surface area (Å²) in [6, 6.07) is 12.1. The first-order chi connectivity index (χ1) is 12.8. The van der Waals surface area contributed by atoms with E-state index in [9.17, 15) is 13.2 Å². The van der Waals surface area contributed by atoms with E-state index < -0.39 is 10.0 Å². The molecule has 144 valence electrons. The quantitative estimate of drug-likeness (QED) is 0.845. The summed E-state index contributed by atoms with van der Waals surface area (Å²) in [4.78, 5) is 14.9. The lowest BCUT2D eigenvalue weighted by Crippen LogP contribution is -2.52. The Morgan fingerprint density at radius 3 is 2.70 bits per heavy atom. The molecule has 1 aliphatic heterocycles. The van der Waals surface area contributed by atoms with Crippen LogP contribution in [0.4, 0.5) is 5.69 Å². The second kappa shape index (κ2) is 7.70. The van der Waals surface area contributed by atoms with Gasteiger partial charge in [0.25, 0.3) is 15.9 Å². The molecule has 3 rings (SSSR count). The van der Waals surface area contributed by atoms with Crippen molar-refractivity contribution in [1.82, 2.24) is 10.2 Å². The fraction of sp³-hybridized carbons (Fsp3) is 0.350. The van der Waals surface area contributed by atoms with Crippen LogP contribution in [0.2, 0.25) is 0 Å². The summed E-state index contributed by atoms with van der Waals surface area (Å²) in [5.41, 5.74) is 2.40. The van der Waals surface area contributed by atoms with Gasteiger partial charge in [0.05, 0.1) is 4.90 Å². The molecule has 1 amide bonds. The van der Waals surface area contributed by atoms with Gasteiger partial charge in [-0.05, 0) is 56.2 Å². The van der Waals surface area contributed by atoms with Gasteiger partial charge in [0.15, 0.2) is 0 Å². The molecule has 1 atom stereocenters. The number of hydrogen-bond donors (Lipinski definition) is 2. The normalized spacial score (nSPS) is 17.6. The van der Waals surface area contributed by atoms with Gasteiger partial charge in [-0.15, -0.1) is 0 Å². The van der Waals surface area contributed by atoms with E-state index in [2.05, 4.69) is 10.0 Å². The number of carbonyl (C=O) groups excluding carboxylic acids is 1. The molecule has 2 aromatic carbocycles. The summed E-state index contributed by atoms with van der Waals surface area (Å²) in [5, 5.41) is 3.26. The maximum atomic E-state index is 12.8. The standard InChI is InChI=1S/C20H25N3O3S/c1-14-7-8-15(2)19(11-14)27(25,26)22-18-6-4-5-17(12-18)20(24)23-10-9-21-13-16(23)3/h4-8,11-12,16,21-22H,9-10,13H2,1-3H3/t16-/m1/s1. The SMILES string of the molecule is Cc1ccc(C)c(S(=O)(=O)Nc2cccc(C(=O)N3CCNC[C@H]3C)c2)c1. The molecule has 1 aliphatic rings. The van der Waals surface area contributed by atoms with E-state index in [1.54, 1.807) is 43.3 Å². The van der Waals surface area contributed by atoms with Crippen LogP contribution in [0.5, 0.6) is 0 Å². The van der Waals surface area contributed by atoms with E-state index in [-0.39, 0.29) is 16.8 Å². The van der Waals surface area contributed by atoms with Crippen LogP contribution < -0.4 is 10.0 Å². The monoisotopic (exact) mass is 387 g/mol. The maximum Gasteiger partial charge on any atom is 0.262 e. The lowest BCUT2D eigenvalue weighted by molar-refractivity contribution is 0.0656. The average Bonchev–Trinajstić information content (AvgIpc) is 2.63. The molecule has 0 saturated carbocycles. The Bertz CT molecular complexity index is 957. The number of benzene rings is 2. The zero-order valence-corrected chi connectivity index (χ0v) is 16.6. The molecule has 0 aromatic heterocycles. The molecule has 1 fully saturated rings. The Hall–Kier alpha value is -2.38. The van der Waals surface area contributed by atoms with Gasteiger partial charge < -0.3 is 10.2 Å². The number of nitrogens with zero attached hydrogens (tertiary/aromatic N) is 1. The maximum absolute atomic E-state index is 12.8. The summed E-state index contributed by atoms with van der Waals surface area (Å²) in [7, 11) is -3.73. The van der Waals surface area contributed by atoms with Gasteiger partial charge in [-0.1, -0.05) is 18.2 Å². The van der Waals surface area contributed by atoms with Gasteiger partial charge in [0, 0.05) is 36.9 Å². The Labute approximate surface area is 160 Å². The van der Waals surface area contributed by atoms with Gasteiger partial charge in [0.1, 0.15) is 0 Å². The van der Waals surface area contributed by atoms with Crippen LogP contribution in [0, 0.1) is 13.8 Å². The molecule has 1 saturated heterocycles. The molecular formula is C20H25N3O3S. The number of rotatable bonds is 4. The van der Waals surface area contributed by atoms with E-state index in [0.29, 0.717) is 23.4 Å². The second-order valence-electron chi connectivity index (χ2n) is 7.01. The predicted octanol–water partition coefficient (Wildman–Crippen LogP) is 2.54. The highest BCUT2D eigenvalue weighted by molar-refractivity contribution is 7.92. The summed E-state index contributed by atoms with van der Waals surface area (Å²) in [6.07, 6.45) is 0. The number of piperazine rings is 1. The van der Waals surface area contributed by atoms with Gasteiger partial charge >= 0.3 is 0 Å².